The first-order chi connectivity index (χ1) is 9.13. The van der Waals surface area contributed by atoms with Gasteiger partial charge in [0.05, 0.1) is 12.7 Å². The summed E-state index contributed by atoms with van der Waals surface area (Å²) in [7, 11) is 3.39. The number of amides is 1. The van der Waals surface area contributed by atoms with Crippen LogP contribution in [0.4, 0.5) is 5.69 Å². The highest BCUT2D eigenvalue weighted by molar-refractivity contribution is 14.1. The summed E-state index contributed by atoms with van der Waals surface area (Å²) in [4.78, 5) is 14.0. The molecule has 4 heteroatoms. The van der Waals surface area contributed by atoms with E-state index in [4.69, 9.17) is 4.74 Å². The van der Waals surface area contributed by atoms with Crippen LogP contribution < -0.4 is 9.64 Å². The molecule has 0 fully saturated rings. The Morgan fingerprint density at radius 2 is 1.74 bits per heavy atom. The van der Waals surface area contributed by atoms with E-state index in [1.807, 2.05) is 48.5 Å². The van der Waals surface area contributed by atoms with Crippen molar-refractivity contribution in [2.24, 2.45) is 0 Å². The fourth-order valence-electron chi connectivity index (χ4n) is 1.74. The first-order valence-electron chi connectivity index (χ1n) is 5.80. The van der Waals surface area contributed by atoms with Crippen molar-refractivity contribution in [1.29, 1.82) is 0 Å². The number of carbonyl (C=O) groups is 1. The van der Waals surface area contributed by atoms with Gasteiger partial charge in [0.25, 0.3) is 5.91 Å². The van der Waals surface area contributed by atoms with Gasteiger partial charge in [-0.3, -0.25) is 4.79 Å². The largest absolute Gasteiger partial charge is 0.497 e. The standard InChI is InChI=1S/C15H14INO2/c1-17(11-7-9-12(19-2)10-8-11)15(18)13-5-3-4-6-14(13)16/h3-10H,1-2H3. The van der Waals surface area contributed by atoms with Crippen LogP contribution in [-0.4, -0.2) is 20.1 Å². The molecule has 2 aromatic carbocycles. The number of rotatable bonds is 3. The normalized spacial score (nSPS) is 10.1. The average molecular weight is 367 g/mol. The Labute approximate surface area is 126 Å². The van der Waals surface area contributed by atoms with Gasteiger partial charge in [-0.1, -0.05) is 12.1 Å². The highest BCUT2D eigenvalue weighted by atomic mass is 127. The van der Waals surface area contributed by atoms with E-state index in [2.05, 4.69) is 22.6 Å². The first kappa shape index (κ1) is 13.9. The monoisotopic (exact) mass is 367 g/mol. The van der Waals surface area contributed by atoms with Crippen molar-refractivity contribution in [3.8, 4) is 5.75 Å². The van der Waals surface area contributed by atoms with Crippen LogP contribution in [0.5, 0.6) is 5.75 Å². The van der Waals surface area contributed by atoms with Crippen LogP contribution in [0, 0.1) is 3.57 Å². The summed E-state index contributed by atoms with van der Waals surface area (Å²) in [5.74, 6) is 0.758. The van der Waals surface area contributed by atoms with E-state index in [1.54, 1.807) is 19.1 Å². The number of methoxy groups -OCH3 is 1. The van der Waals surface area contributed by atoms with Gasteiger partial charge < -0.3 is 9.64 Å². The van der Waals surface area contributed by atoms with Crippen molar-refractivity contribution in [2.45, 2.75) is 0 Å². The van der Waals surface area contributed by atoms with Crippen molar-refractivity contribution < 1.29 is 9.53 Å². The molecule has 0 bridgehead atoms. The molecular weight excluding hydrogens is 353 g/mol. The number of hydrogen-bond acceptors (Lipinski definition) is 2. The number of ether oxygens (including phenoxy) is 1. The number of nitrogens with zero attached hydrogens (tertiary/aromatic N) is 1. The maximum absolute atomic E-state index is 12.4. The SMILES string of the molecule is COc1ccc(N(C)C(=O)c2ccccc2I)cc1. The number of anilines is 1. The molecule has 0 unspecified atom stereocenters. The maximum Gasteiger partial charge on any atom is 0.259 e. The first-order valence-corrected chi connectivity index (χ1v) is 6.88. The molecule has 0 saturated heterocycles. The Balaban J connectivity index is 2.26. The van der Waals surface area contributed by atoms with E-state index < -0.39 is 0 Å². The van der Waals surface area contributed by atoms with Crippen molar-refractivity contribution in [3.05, 3.63) is 57.7 Å². The molecule has 2 rings (SSSR count). The molecule has 0 N–H and O–H groups in total. The van der Waals surface area contributed by atoms with E-state index in [0.717, 1.165) is 15.0 Å². The van der Waals surface area contributed by atoms with Crippen LogP contribution >= 0.6 is 22.6 Å². The summed E-state index contributed by atoms with van der Waals surface area (Å²) in [6.07, 6.45) is 0. The Morgan fingerprint density at radius 1 is 1.11 bits per heavy atom. The Hall–Kier alpha value is -1.56. The van der Waals surface area contributed by atoms with E-state index in [0.29, 0.717) is 5.56 Å². The molecule has 0 radical (unpaired) electrons. The minimum atomic E-state index is -0.0184. The topological polar surface area (TPSA) is 29.5 Å². The summed E-state index contributed by atoms with van der Waals surface area (Å²) in [6.45, 7) is 0. The number of benzene rings is 2. The van der Waals surface area contributed by atoms with Gasteiger partial charge in [-0.15, -0.1) is 0 Å². The van der Waals surface area contributed by atoms with Crippen LogP contribution in [0.25, 0.3) is 0 Å². The lowest BCUT2D eigenvalue weighted by atomic mass is 10.2. The molecule has 2 aromatic rings. The zero-order chi connectivity index (χ0) is 13.8. The fourth-order valence-corrected chi connectivity index (χ4v) is 2.36. The molecule has 0 heterocycles. The van der Waals surface area contributed by atoms with Gasteiger partial charge in [-0.25, -0.2) is 0 Å². The summed E-state index contributed by atoms with van der Waals surface area (Å²) in [6, 6.07) is 15.0. The second-order valence-electron chi connectivity index (χ2n) is 4.04. The Morgan fingerprint density at radius 3 is 2.32 bits per heavy atom. The van der Waals surface area contributed by atoms with Crippen molar-refractivity contribution in [3.63, 3.8) is 0 Å². The van der Waals surface area contributed by atoms with Crippen LogP contribution in [0.3, 0.4) is 0 Å². The van der Waals surface area contributed by atoms with E-state index in [9.17, 15) is 4.79 Å². The molecule has 0 aliphatic heterocycles. The van der Waals surface area contributed by atoms with Crippen LogP contribution in [0.1, 0.15) is 10.4 Å². The molecule has 98 valence electrons. The number of hydrogen-bond donors (Lipinski definition) is 0. The lowest BCUT2D eigenvalue weighted by molar-refractivity contribution is 0.0992. The van der Waals surface area contributed by atoms with E-state index in [-0.39, 0.29) is 5.91 Å². The summed E-state index contributed by atoms with van der Waals surface area (Å²) >= 11 is 2.17. The lowest BCUT2D eigenvalue weighted by Crippen LogP contribution is -2.26. The smallest absolute Gasteiger partial charge is 0.259 e. The zero-order valence-corrected chi connectivity index (χ0v) is 12.9. The van der Waals surface area contributed by atoms with Gasteiger partial charge >= 0.3 is 0 Å². The second kappa shape index (κ2) is 6.06. The quantitative estimate of drug-likeness (QED) is 0.777. The summed E-state index contributed by atoms with van der Waals surface area (Å²) in [5.41, 5.74) is 1.55. The number of halogens is 1. The van der Waals surface area contributed by atoms with Crippen molar-refractivity contribution in [2.75, 3.05) is 19.1 Å². The predicted octanol–water partition coefficient (Wildman–Crippen LogP) is 3.58. The van der Waals surface area contributed by atoms with Crippen LogP contribution in [0.15, 0.2) is 48.5 Å². The van der Waals surface area contributed by atoms with E-state index >= 15 is 0 Å². The zero-order valence-electron chi connectivity index (χ0n) is 10.8. The Bertz CT molecular complexity index is 581. The predicted molar refractivity (Wildman–Crippen MR) is 84.9 cm³/mol. The molecule has 0 aliphatic carbocycles. The molecule has 0 aliphatic rings. The summed E-state index contributed by atoms with van der Waals surface area (Å²) < 4.78 is 6.06. The van der Waals surface area contributed by atoms with Gasteiger partial charge in [0, 0.05) is 16.3 Å². The second-order valence-corrected chi connectivity index (χ2v) is 5.20. The van der Waals surface area contributed by atoms with E-state index in [1.165, 1.54) is 0 Å². The molecule has 0 spiro atoms. The van der Waals surface area contributed by atoms with Crippen LogP contribution in [-0.2, 0) is 0 Å². The van der Waals surface area contributed by atoms with Gasteiger partial charge in [-0.2, -0.15) is 0 Å². The van der Waals surface area contributed by atoms with Crippen molar-refractivity contribution in [1.82, 2.24) is 0 Å². The van der Waals surface area contributed by atoms with Gasteiger partial charge in [0.1, 0.15) is 5.75 Å². The fraction of sp³-hybridized carbons (Fsp3) is 0.133. The molecule has 1 amide bonds. The minimum Gasteiger partial charge on any atom is -0.497 e. The van der Waals surface area contributed by atoms with Crippen molar-refractivity contribution >= 4 is 34.2 Å². The third-order valence-corrected chi connectivity index (χ3v) is 3.81. The molecular formula is C15H14INO2. The highest BCUT2D eigenvalue weighted by Gasteiger charge is 2.15. The molecule has 0 atom stereocenters. The highest BCUT2D eigenvalue weighted by Crippen LogP contribution is 2.21. The Kier molecular flexibility index (Phi) is 4.42. The van der Waals surface area contributed by atoms with Crippen LogP contribution in [0.2, 0.25) is 0 Å². The van der Waals surface area contributed by atoms with Gasteiger partial charge in [-0.05, 0) is 59.0 Å². The third-order valence-electron chi connectivity index (χ3n) is 2.87. The number of carbonyl (C=O) groups excluding carboxylic acids is 1. The minimum absolute atomic E-state index is 0.0184. The molecule has 0 saturated carbocycles. The van der Waals surface area contributed by atoms with Gasteiger partial charge in [0.15, 0.2) is 0 Å². The molecule has 0 aromatic heterocycles. The maximum atomic E-state index is 12.4. The average Bonchev–Trinajstić information content (AvgIpc) is 2.46. The lowest BCUT2D eigenvalue weighted by Gasteiger charge is -2.18. The third kappa shape index (κ3) is 3.07. The molecule has 19 heavy (non-hydrogen) atoms. The molecule has 3 nitrogen and oxygen atoms in total. The van der Waals surface area contributed by atoms with Gasteiger partial charge in [0.2, 0.25) is 0 Å². The summed E-state index contributed by atoms with van der Waals surface area (Å²) in [5, 5.41) is 0.